The molecule has 7 heteroatoms. The standard InChI is InChI=1S/C11H13NO6/c1-15-8-6(10(13)17-3)5-7(11(14)18-4)9(12-8)16-2/h5H,1-4H3. The van der Waals surface area contributed by atoms with Gasteiger partial charge in [0, 0.05) is 0 Å². The lowest BCUT2D eigenvalue weighted by Crippen LogP contribution is -2.12. The van der Waals surface area contributed by atoms with Crippen LogP contribution in [0.25, 0.3) is 0 Å². The average molecular weight is 255 g/mol. The summed E-state index contributed by atoms with van der Waals surface area (Å²) < 4.78 is 19.0. The van der Waals surface area contributed by atoms with E-state index >= 15 is 0 Å². The van der Waals surface area contributed by atoms with Crippen molar-refractivity contribution in [2.45, 2.75) is 0 Å². The molecule has 1 heterocycles. The number of carbonyl (C=O) groups excluding carboxylic acids is 2. The molecule has 0 N–H and O–H groups in total. The topological polar surface area (TPSA) is 84.0 Å². The maximum absolute atomic E-state index is 11.5. The quantitative estimate of drug-likeness (QED) is 0.731. The highest BCUT2D eigenvalue weighted by atomic mass is 16.5. The van der Waals surface area contributed by atoms with Crippen LogP contribution in [0.2, 0.25) is 0 Å². The van der Waals surface area contributed by atoms with Gasteiger partial charge in [-0.3, -0.25) is 0 Å². The Labute approximate surface area is 104 Å². The van der Waals surface area contributed by atoms with Gasteiger partial charge in [-0.25, -0.2) is 9.59 Å². The third-order valence-corrected chi connectivity index (χ3v) is 2.15. The van der Waals surface area contributed by atoms with Crippen LogP contribution in [0, 0.1) is 0 Å². The van der Waals surface area contributed by atoms with Crippen molar-refractivity contribution >= 4 is 11.9 Å². The summed E-state index contributed by atoms with van der Waals surface area (Å²) in [6.07, 6.45) is 0. The van der Waals surface area contributed by atoms with E-state index in [0.29, 0.717) is 0 Å². The molecule has 0 aromatic carbocycles. The largest absolute Gasteiger partial charge is 0.480 e. The second-order valence-corrected chi connectivity index (χ2v) is 3.09. The molecule has 1 aromatic rings. The first-order valence-electron chi connectivity index (χ1n) is 4.88. The first kappa shape index (κ1) is 13.8. The van der Waals surface area contributed by atoms with E-state index in [0.717, 1.165) is 0 Å². The van der Waals surface area contributed by atoms with Gasteiger partial charge in [-0.05, 0) is 6.07 Å². The van der Waals surface area contributed by atoms with Gasteiger partial charge in [0.25, 0.3) is 0 Å². The van der Waals surface area contributed by atoms with E-state index in [2.05, 4.69) is 14.5 Å². The van der Waals surface area contributed by atoms with E-state index < -0.39 is 11.9 Å². The van der Waals surface area contributed by atoms with Gasteiger partial charge in [-0.1, -0.05) is 0 Å². The molecule has 0 aliphatic heterocycles. The van der Waals surface area contributed by atoms with Gasteiger partial charge in [-0.15, -0.1) is 0 Å². The Morgan fingerprint density at radius 1 is 0.889 bits per heavy atom. The van der Waals surface area contributed by atoms with E-state index in [1.165, 1.54) is 34.5 Å². The highest BCUT2D eigenvalue weighted by Crippen LogP contribution is 2.25. The zero-order chi connectivity index (χ0) is 13.7. The molecule has 7 nitrogen and oxygen atoms in total. The molecule has 1 rings (SSSR count). The zero-order valence-corrected chi connectivity index (χ0v) is 10.5. The van der Waals surface area contributed by atoms with Gasteiger partial charge in [0.2, 0.25) is 11.8 Å². The second kappa shape index (κ2) is 5.85. The number of nitrogens with zero attached hydrogens (tertiary/aromatic N) is 1. The van der Waals surface area contributed by atoms with Gasteiger partial charge >= 0.3 is 11.9 Å². The maximum Gasteiger partial charge on any atom is 0.343 e. The Morgan fingerprint density at radius 3 is 1.56 bits per heavy atom. The van der Waals surface area contributed by atoms with Crippen molar-refractivity contribution < 1.29 is 28.5 Å². The summed E-state index contributed by atoms with van der Waals surface area (Å²) in [5.74, 6) is -1.34. The minimum absolute atomic E-state index is 0.00588. The van der Waals surface area contributed by atoms with Crippen LogP contribution >= 0.6 is 0 Å². The number of rotatable bonds is 4. The minimum atomic E-state index is -0.674. The first-order chi connectivity index (χ1) is 8.58. The predicted octanol–water partition coefficient (Wildman–Crippen LogP) is 0.672. The van der Waals surface area contributed by atoms with Crippen molar-refractivity contribution in [3.8, 4) is 11.8 Å². The number of carbonyl (C=O) groups is 2. The Bertz CT molecular complexity index is 432. The number of methoxy groups -OCH3 is 4. The van der Waals surface area contributed by atoms with Crippen LogP contribution in [0.4, 0.5) is 0 Å². The van der Waals surface area contributed by atoms with Crippen molar-refractivity contribution in [3.05, 3.63) is 17.2 Å². The Morgan fingerprint density at radius 2 is 1.28 bits per heavy atom. The molecule has 0 radical (unpaired) electrons. The van der Waals surface area contributed by atoms with E-state index in [9.17, 15) is 9.59 Å². The predicted molar refractivity (Wildman–Crippen MR) is 60.0 cm³/mol. The molecular weight excluding hydrogens is 242 g/mol. The second-order valence-electron chi connectivity index (χ2n) is 3.09. The molecule has 0 bridgehead atoms. The van der Waals surface area contributed by atoms with E-state index in [1.807, 2.05) is 0 Å². The third-order valence-electron chi connectivity index (χ3n) is 2.15. The lowest BCUT2D eigenvalue weighted by molar-refractivity contribution is 0.0592. The summed E-state index contributed by atoms with van der Waals surface area (Å²) in [7, 11) is 5.10. The van der Waals surface area contributed by atoms with E-state index in [4.69, 9.17) is 9.47 Å². The molecule has 1 aromatic heterocycles. The van der Waals surface area contributed by atoms with Crippen molar-refractivity contribution in [2.24, 2.45) is 0 Å². The zero-order valence-electron chi connectivity index (χ0n) is 10.5. The van der Waals surface area contributed by atoms with Crippen LogP contribution in [0.3, 0.4) is 0 Å². The van der Waals surface area contributed by atoms with Gasteiger partial charge in [0.15, 0.2) is 0 Å². The SMILES string of the molecule is COC(=O)c1cc(C(=O)OC)c(OC)nc1OC. The summed E-state index contributed by atoms with van der Waals surface area (Å²) >= 11 is 0. The molecule has 0 aliphatic rings. The molecule has 0 unspecified atom stereocenters. The molecule has 0 fully saturated rings. The van der Waals surface area contributed by atoms with Crippen LogP contribution in [-0.2, 0) is 9.47 Å². The van der Waals surface area contributed by atoms with Gasteiger partial charge in [-0.2, -0.15) is 4.98 Å². The van der Waals surface area contributed by atoms with Crippen molar-refractivity contribution in [2.75, 3.05) is 28.4 Å². The fraction of sp³-hybridized carbons (Fsp3) is 0.364. The first-order valence-corrected chi connectivity index (χ1v) is 4.88. The molecule has 0 saturated heterocycles. The van der Waals surface area contributed by atoms with Crippen LogP contribution in [0.5, 0.6) is 11.8 Å². The van der Waals surface area contributed by atoms with Crippen molar-refractivity contribution in [1.82, 2.24) is 4.98 Å². The number of aromatic nitrogens is 1. The fourth-order valence-electron chi connectivity index (χ4n) is 1.30. The maximum atomic E-state index is 11.5. The molecule has 98 valence electrons. The van der Waals surface area contributed by atoms with E-state index in [-0.39, 0.29) is 22.9 Å². The van der Waals surface area contributed by atoms with Crippen molar-refractivity contribution in [1.29, 1.82) is 0 Å². The summed E-state index contributed by atoms with van der Waals surface area (Å²) in [4.78, 5) is 26.9. The van der Waals surface area contributed by atoms with Crippen LogP contribution in [0.15, 0.2) is 6.07 Å². The molecular formula is C11H13NO6. The average Bonchev–Trinajstić information content (AvgIpc) is 2.43. The summed E-state index contributed by atoms with van der Waals surface area (Å²) in [6.45, 7) is 0. The van der Waals surface area contributed by atoms with Crippen LogP contribution in [0.1, 0.15) is 20.7 Å². The minimum Gasteiger partial charge on any atom is -0.480 e. The molecule has 0 saturated carbocycles. The van der Waals surface area contributed by atoms with E-state index in [1.54, 1.807) is 0 Å². The summed E-state index contributed by atoms with van der Waals surface area (Å²) in [5.41, 5.74) is 0.0300. The molecule has 0 amide bonds. The number of pyridine rings is 1. The highest BCUT2D eigenvalue weighted by Gasteiger charge is 2.23. The fourth-order valence-corrected chi connectivity index (χ4v) is 1.30. The van der Waals surface area contributed by atoms with Crippen LogP contribution < -0.4 is 9.47 Å². The molecule has 0 spiro atoms. The third kappa shape index (κ3) is 2.50. The van der Waals surface area contributed by atoms with Gasteiger partial charge in [0.1, 0.15) is 11.1 Å². The number of esters is 2. The lowest BCUT2D eigenvalue weighted by atomic mass is 10.2. The van der Waals surface area contributed by atoms with Crippen molar-refractivity contribution in [3.63, 3.8) is 0 Å². The number of hydrogen-bond donors (Lipinski definition) is 0. The smallest absolute Gasteiger partial charge is 0.343 e. The van der Waals surface area contributed by atoms with Crippen LogP contribution in [-0.4, -0.2) is 45.4 Å². The molecule has 0 aliphatic carbocycles. The van der Waals surface area contributed by atoms with Gasteiger partial charge in [0.05, 0.1) is 28.4 Å². The Balaban J connectivity index is 3.43. The lowest BCUT2D eigenvalue weighted by Gasteiger charge is -2.11. The number of hydrogen-bond acceptors (Lipinski definition) is 7. The summed E-state index contributed by atoms with van der Waals surface area (Å²) in [5, 5.41) is 0. The highest BCUT2D eigenvalue weighted by molar-refractivity contribution is 5.98. The Kier molecular flexibility index (Phi) is 4.47. The molecule has 18 heavy (non-hydrogen) atoms. The number of ether oxygens (including phenoxy) is 4. The Hall–Kier alpha value is -2.31. The molecule has 0 atom stereocenters. The normalized spacial score (nSPS) is 9.56. The monoisotopic (exact) mass is 255 g/mol. The summed E-state index contributed by atoms with van der Waals surface area (Å²) in [6, 6.07) is 1.25. The van der Waals surface area contributed by atoms with Gasteiger partial charge < -0.3 is 18.9 Å².